The predicted molar refractivity (Wildman–Crippen MR) is 47.6 cm³/mol. The number of nitrogens with zero attached hydrogens (tertiary/aromatic N) is 1. The van der Waals surface area contributed by atoms with Gasteiger partial charge in [-0.3, -0.25) is 0 Å². The summed E-state index contributed by atoms with van der Waals surface area (Å²) in [6.45, 7) is 1.99. The molecule has 0 saturated carbocycles. The third-order valence-electron chi connectivity index (χ3n) is 2.31. The van der Waals surface area contributed by atoms with Gasteiger partial charge in [0.2, 0.25) is 0 Å². The highest BCUT2D eigenvalue weighted by atomic mass is 15.0. The minimum Gasteiger partial charge on any atom is -0.345 e. The van der Waals surface area contributed by atoms with Crippen molar-refractivity contribution >= 4 is 0 Å². The minimum absolute atomic E-state index is 0.270. The van der Waals surface area contributed by atoms with E-state index < -0.39 is 0 Å². The molecular weight excluding hydrogens is 150 g/mol. The van der Waals surface area contributed by atoms with Crippen LogP contribution in [-0.2, 0) is 5.54 Å². The highest BCUT2D eigenvalue weighted by Crippen LogP contribution is 2.29. The number of aryl methyl sites for hydroxylation is 1. The Hall–Kier alpha value is -1.09. The smallest absolute Gasteiger partial charge is 0.127 e. The van der Waals surface area contributed by atoms with Crippen LogP contribution in [0.5, 0.6) is 0 Å². The summed E-state index contributed by atoms with van der Waals surface area (Å²) in [4.78, 5) is 7.43. The molecular formula is C9H13N3. The first kappa shape index (κ1) is 7.55. The number of nitrogens with two attached hydrogens (primary N) is 1. The van der Waals surface area contributed by atoms with Gasteiger partial charge >= 0.3 is 0 Å². The lowest BCUT2D eigenvalue weighted by atomic mass is 9.97. The van der Waals surface area contributed by atoms with Crippen LogP contribution in [-0.4, -0.2) is 9.97 Å². The van der Waals surface area contributed by atoms with Gasteiger partial charge in [0.05, 0.1) is 5.54 Å². The highest BCUT2D eigenvalue weighted by Gasteiger charge is 2.30. The SMILES string of the molecule is Cc1cnc(C2(N)CC=CC2)[nH]1. The van der Waals surface area contributed by atoms with Crippen LogP contribution in [0.25, 0.3) is 0 Å². The molecule has 0 aliphatic heterocycles. The van der Waals surface area contributed by atoms with E-state index in [2.05, 4.69) is 22.1 Å². The zero-order valence-electron chi connectivity index (χ0n) is 7.17. The number of H-pyrrole nitrogens is 1. The molecule has 0 aromatic carbocycles. The van der Waals surface area contributed by atoms with Gasteiger partial charge in [-0.25, -0.2) is 4.98 Å². The summed E-state index contributed by atoms with van der Waals surface area (Å²) in [6, 6.07) is 0. The van der Waals surface area contributed by atoms with Gasteiger partial charge in [-0.1, -0.05) is 12.2 Å². The molecule has 0 fully saturated rings. The van der Waals surface area contributed by atoms with Gasteiger partial charge in [-0.05, 0) is 19.8 Å². The third kappa shape index (κ3) is 1.06. The van der Waals surface area contributed by atoms with E-state index in [4.69, 9.17) is 5.73 Å². The molecule has 0 amide bonds. The van der Waals surface area contributed by atoms with Crippen molar-refractivity contribution in [3.05, 3.63) is 29.9 Å². The number of hydrogen-bond acceptors (Lipinski definition) is 2. The molecule has 0 unspecified atom stereocenters. The van der Waals surface area contributed by atoms with E-state index in [1.165, 1.54) is 0 Å². The number of imidazole rings is 1. The minimum atomic E-state index is -0.270. The molecule has 12 heavy (non-hydrogen) atoms. The summed E-state index contributed by atoms with van der Waals surface area (Å²) in [7, 11) is 0. The van der Waals surface area contributed by atoms with Gasteiger partial charge in [0, 0.05) is 11.9 Å². The maximum atomic E-state index is 6.14. The standard InChI is InChI=1S/C9H13N3/c1-7-6-11-8(12-7)9(10)4-2-3-5-9/h2-3,6H,4-5,10H2,1H3,(H,11,12). The molecule has 1 aromatic rings. The van der Waals surface area contributed by atoms with E-state index in [-0.39, 0.29) is 5.54 Å². The number of hydrogen-bond donors (Lipinski definition) is 2. The predicted octanol–water partition coefficient (Wildman–Crippen LogP) is 1.22. The van der Waals surface area contributed by atoms with Gasteiger partial charge in [-0.15, -0.1) is 0 Å². The molecule has 3 heteroatoms. The molecule has 2 rings (SSSR count). The van der Waals surface area contributed by atoms with Gasteiger partial charge in [0.25, 0.3) is 0 Å². The van der Waals surface area contributed by atoms with Crippen molar-refractivity contribution in [2.45, 2.75) is 25.3 Å². The molecule has 0 atom stereocenters. The van der Waals surface area contributed by atoms with Gasteiger partial charge < -0.3 is 10.7 Å². The summed E-state index contributed by atoms with van der Waals surface area (Å²) >= 11 is 0. The Morgan fingerprint density at radius 1 is 1.50 bits per heavy atom. The lowest BCUT2D eigenvalue weighted by Gasteiger charge is -2.20. The van der Waals surface area contributed by atoms with E-state index >= 15 is 0 Å². The molecule has 0 radical (unpaired) electrons. The van der Waals surface area contributed by atoms with Crippen LogP contribution in [0, 0.1) is 6.92 Å². The Morgan fingerprint density at radius 3 is 2.67 bits per heavy atom. The lowest BCUT2D eigenvalue weighted by molar-refractivity contribution is 0.452. The highest BCUT2D eigenvalue weighted by molar-refractivity contribution is 5.17. The quantitative estimate of drug-likeness (QED) is 0.612. The van der Waals surface area contributed by atoms with E-state index in [0.29, 0.717) is 0 Å². The van der Waals surface area contributed by atoms with Crippen molar-refractivity contribution in [1.29, 1.82) is 0 Å². The van der Waals surface area contributed by atoms with Crippen molar-refractivity contribution in [3.63, 3.8) is 0 Å². The second-order valence-electron chi connectivity index (χ2n) is 3.45. The van der Waals surface area contributed by atoms with Crippen LogP contribution in [0.2, 0.25) is 0 Å². The van der Waals surface area contributed by atoms with E-state index in [0.717, 1.165) is 24.4 Å². The van der Waals surface area contributed by atoms with E-state index in [1.54, 1.807) is 0 Å². The molecule has 0 bridgehead atoms. The van der Waals surface area contributed by atoms with Crippen LogP contribution >= 0.6 is 0 Å². The topological polar surface area (TPSA) is 54.7 Å². The summed E-state index contributed by atoms with van der Waals surface area (Å²) < 4.78 is 0. The molecule has 0 saturated heterocycles. The summed E-state index contributed by atoms with van der Waals surface area (Å²) in [5.41, 5.74) is 6.94. The molecule has 1 heterocycles. The van der Waals surface area contributed by atoms with Crippen LogP contribution in [0.4, 0.5) is 0 Å². The first-order valence-corrected chi connectivity index (χ1v) is 4.17. The van der Waals surface area contributed by atoms with Gasteiger partial charge in [0.1, 0.15) is 5.82 Å². The molecule has 1 aliphatic carbocycles. The number of aromatic nitrogens is 2. The monoisotopic (exact) mass is 163 g/mol. The Bertz CT molecular complexity index is 303. The number of rotatable bonds is 1. The fourth-order valence-electron chi connectivity index (χ4n) is 1.53. The molecule has 3 N–H and O–H groups in total. The Morgan fingerprint density at radius 2 is 2.17 bits per heavy atom. The van der Waals surface area contributed by atoms with Crippen molar-refractivity contribution in [3.8, 4) is 0 Å². The number of nitrogens with one attached hydrogen (secondary N) is 1. The summed E-state index contributed by atoms with van der Waals surface area (Å²) in [5.74, 6) is 0.907. The first-order chi connectivity index (χ1) is 5.71. The third-order valence-corrected chi connectivity index (χ3v) is 2.31. The molecule has 1 aromatic heterocycles. The van der Waals surface area contributed by atoms with Crippen molar-refractivity contribution in [2.75, 3.05) is 0 Å². The average molecular weight is 163 g/mol. The summed E-state index contributed by atoms with van der Waals surface area (Å²) in [6.07, 6.45) is 7.82. The van der Waals surface area contributed by atoms with Gasteiger partial charge in [0.15, 0.2) is 0 Å². The average Bonchev–Trinajstić information content (AvgIpc) is 2.59. The van der Waals surface area contributed by atoms with E-state index in [1.807, 2.05) is 13.1 Å². The fourth-order valence-corrected chi connectivity index (χ4v) is 1.53. The molecule has 1 aliphatic rings. The van der Waals surface area contributed by atoms with Crippen molar-refractivity contribution in [1.82, 2.24) is 9.97 Å². The second kappa shape index (κ2) is 2.45. The second-order valence-corrected chi connectivity index (χ2v) is 3.45. The zero-order valence-corrected chi connectivity index (χ0v) is 7.17. The Kier molecular flexibility index (Phi) is 1.54. The largest absolute Gasteiger partial charge is 0.345 e. The maximum absolute atomic E-state index is 6.14. The Labute approximate surface area is 71.7 Å². The van der Waals surface area contributed by atoms with E-state index in [9.17, 15) is 0 Å². The fraction of sp³-hybridized carbons (Fsp3) is 0.444. The van der Waals surface area contributed by atoms with Crippen LogP contribution in [0.1, 0.15) is 24.4 Å². The zero-order chi connectivity index (χ0) is 8.60. The molecule has 64 valence electrons. The van der Waals surface area contributed by atoms with Crippen LogP contribution < -0.4 is 5.73 Å². The van der Waals surface area contributed by atoms with Crippen LogP contribution in [0.15, 0.2) is 18.3 Å². The number of aromatic amines is 1. The van der Waals surface area contributed by atoms with Crippen molar-refractivity contribution < 1.29 is 0 Å². The maximum Gasteiger partial charge on any atom is 0.127 e. The molecule has 3 nitrogen and oxygen atoms in total. The normalized spacial score (nSPS) is 20.2. The van der Waals surface area contributed by atoms with Gasteiger partial charge in [-0.2, -0.15) is 0 Å². The van der Waals surface area contributed by atoms with Crippen molar-refractivity contribution in [2.24, 2.45) is 5.73 Å². The summed E-state index contributed by atoms with van der Waals surface area (Å²) in [5, 5.41) is 0. The lowest BCUT2D eigenvalue weighted by Crippen LogP contribution is -2.34. The van der Waals surface area contributed by atoms with Crippen LogP contribution in [0.3, 0.4) is 0 Å². The molecule has 0 spiro atoms. The first-order valence-electron chi connectivity index (χ1n) is 4.17. The Balaban J connectivity index is 2.30.